The summed E-state index contributed by atoms with van der Waals surface area (Å²) >= 11 is 0. The first kappa shape index (κ1) is 9.71. The zero-order valence-electron chi connectivity index (χ0n) is 9.06. The zero-order chi connectivity index (χ0) is 11.0. The van der Waals surface area contributed by atoms with E-state index < -0.39 is 0 Å². The number of rotatable bonds is 1. The van der Waals surface area contributed by atoms with Gasteiger partial charge in [-0.25, -0.2) is 14.0 Å². The number of hydrogen-bond donors (Lipinski definition) is 0. The molecule has 0 aliphatic rings. The molecule has 1 heterocycles. The smallest absolute Gasteiger partial charge is 0.247 e. The van der Waals surface area contributed by atoms with Crippen LogP contribution in [0.3, 0.4) is 0 Å². The van der Waals surface area contributed by atoms with Gasteiger partial charge in [0.1, 0.15) is 5.82 Å². The highest BCUT2D eigenvalue weighted by atomic mass is 16.2. The third-order valence-electron chi connectivity index (χ3n) is 2.38. The molecule has 0 amide bonds. The molecule has 0 atom stereocenters. The predicted octanol–water partition coefficient (Wildman–Crippen LogP) is 1.19. The summed E-state index contributed by atoms with van der Waals surface area (Å²) in [6, 6.07) is 7.80. The number of nitrogens with zero attached hydrogens (tertiary/aromatic N) is 3. The Morgan fingerprint density at radius 3 is 2.20 bits per heavy atom. The molecule has 4 nitrogen and oxygen atoms in total. The Hall–Kier alpha value is -1.84. The van der Waals surface area contributed by atoms with Gasteiger partial charge in [0.2, 0.25) is 0 Å². The van der Waals surface area contributed by atoms with Gasteiger partial charge in [-0.3, -0.25) is 0 Å². The Morgan fingerprint density at radius 2 is 1.73 bits per heavy atom. The summed E-state index contributed by atoms with van der Waals surface area (Å²) in [5.41, 5.74) is 1.92. The molecule has 0 saturated heterocycles. The first-order valence-corrected chi connectivity index (χ1v) is 4.79. The third kappa shape index (κ3) is 1.58. The van der Waals surface area contributed by atoms with E-state index in [2.05, 4.69) is 5.10 Å². The fraction of sp³-hybridized carbons (Fsp3) is 0.273. The van der Waals surface area contributed by atoms with Gasteiger partial charge < -0.3 is 0 Å². The molecule has 2 aromatic rings. The third-order valence-corrected chi connectivity index (χ3v) is 2.38. The fourth-order valence-electron chi connectivity index (χ4n) is 1.58. The normalized spacial score (nSPS) is 10.6. The largest absolute Gasteiger partial charge is 0.350 e. The van der Waals surface area contributed by atoms with E-state index in [0.717, 1.165) is 5.69 Å². The second kappa shape index (κ2) is 3.38. The van der Waals surface area contributed by atoms with Crippen LogP contribution in [-0.4, -0.2) is 14.3 Å². The van der Waals surface area contributed by atoms with E-state index in [-0.39, 0.29) is 5.69 Å². The number of hydrogen-bond acceptors (Lipinski definition) is 2. The van der Waals surface area contributed by atoms with E-state index in [1.807, 2.05) is 38.1 Å². The monoisotopic (exact) mass is 203 g/mol. The molecule has 0 radical (unpaired) electrons. The van der Waals surface area contributed by atoms with Crippen LogP contribution in [-0.2, 0) is 7.05 Å². The van der Waals surface area contributed by atoms with E-state index in [1.54, 1.807) is 11.6 Å². The van der Waals surface area contributed by atoms with Gasteiger partial charge in [-0.2, -0.15) is 5.10 Å². The van der Waals surface area contributed by atoms with Crippen molar-refractivity contribution in [3.05, 3.63) is 46.1 Å². The number of benzene rings is 1. The maximum atomic E-state index is 11.7. The molecule has 0 aliphatic carbocycles. The summed E-state index contributed by atoms with van der Waals surface area (Å²) in [6.07, 6.45) is 0. The molecular weight excluding hydrogens is 190 g/mol. The molecule has 2 rings (SSSR count). The van der Waals surface area contributed by atoms with Crippen molar-refractivity contribution in [1.82, 2.24) is 14.3 Å². The van der Waals surface area contributed by atoms with Crippen LogP contribution < -0.4 is 5.69 Å². The highest BCUT2D eigenvalue weighted by Gasteiger charge is 2.08. The summed E-state index contributed by atoms with van der Waals surface area (Å²) in [5.74, 6) is 0.700. The van der Waals surface area contributed by atoms with Crippen molar-refractivity contribution in [2.45, 2.75) is 13.8 Å². The Balaban J connectivity index is 2.64. The molecule has 0 unspecified atom stereocenters. The summed E-state index contributed by atoms with van der Waals surface area (Å²) < 4.78 is 2.94. The molecule has 0 aliphatic heterocycles. The Bertz CT molecular complexity index is 534. The highest BCUT2D eigenvalue weighted by molar-refractivity contribution is 5.34. The molecule has 1 aromatic heterocycles. The maximum Gasteiger partial charge on any atom is 0.350 e. The lowest BCUT2D eigenvalue weighted by Gasteiger charge is -2.02. The van der Waals surface area contributed by atoms with Gasteiger partial charge in [-0.1, -0.05) is 17.7 Å². The molecule has 1 aromatic carbocycles. The Labute approximate surface area is 87.8 Å². The molecule has 0 fully saturated rings. The average molecular weight is 203 g/mol. The first-order valence-electron chi connectivity index (χ1n) is 4.79. The van der Waals surface area contributed by atoms with E-state index in [0.29, 0.717) is 5.82 Å². The SMILES string of the molecule is Cc1ccc(-n2c(C)nn(C)c2=O)cc1. The Morgan fingerprint density at radius 1 is 1.13 bits per heavy atom. The van der Waals surface area contributed by atoms with Crippen molar-refractivity contribution < 1.29 is 0 Å². The molecular formula is C11H13N3O. The molecule has 0 saturated carbocycles. The summed E-state index contributed by atoms with van der Waals surface area (Å²) in [4.78, 5) is 11.7. The van der Waals surface area contributed by atoms with Gasteiger partial charge >= 0.3 is 5.69 Å². The van der Waals surface area contributed by atoms with Crippen LogP contribution in [0.15, 0.2) is 29.1 Å². The molecule has 78 valence electrons. The molecule has 15 heavy (non-hydrogen) atoms. The predicted molar refractivity (Wildman–Crippen MR) is 58.3 cm³/mol. The number of aryl methyl sites for hydroxylation is 3. The van der Waals surface area contributed by atoms with E-state index >= 15 is 0 Å². The quantitative estimate of drug-likeness (QED) is 0.698. The van der Waals surface area contributed by atoms with Crippen molar-refractivity contribution in [3.63, 3.8) is 0 Å². The van der Waals surface area contributed by atoms with Crippen LogP contribution in [0.5, 0.6) is 0 Å². The summed E-state index contributed by atoms with van der Waals surface area (Å²) in [6.45, 7) is 3.84. The maximum absolute atomic E-state index is 11.7. The second-order valence-corrected chi connectivity index (χ2v) is 3.62. The van der Waals surface area contributed by atoms with Crippen molar-refractivity contribution >= 4 is 0 Å². The van der Waals surface area contributed by atoms with Gasteiger partial charge in [0.25, 0.3) is 0 Å². The second-order valence-electron chi connectivity index (χ2n) is 3.62. The minimum Gasteiger partial charge on any atom is -0.247 e. The van der Waals surface area contributed by atoms with Crippen molar-refractivity contribution in [3.8, 4) is 5.69 Å². The van der Waals surface area contributed by atoms with Gasteiger partial charge in [-0.15, -0.1) is 0 Å². The fourth-order valence-corrected chi connectivity index (χ4v) is 1.58. The summed E-state index contributed by atoms with van der Waals surface area (Å²) in [7, 11) is 1.65. The van der Waals surface area contributed by atoms with Crippen LogP contribution in [0.2, 0.25) is 0 Å². The summed E-state index contributed by atoms with van der Waals surface area (Å²) in [5, 5.41) is 4.08. The van der Waals surface area contributed by atoms with E-state index in [4.69, 9.17) is 0 Å². The van der Waals surface area contributed by atoms with Gasteiger partial charge in [0, 0.05) is 7.05 Å². The zero-order valence-corrected chi connectivity index (χ0v) is 9.06. The molecule has 0 bridgehead atoms. The van der Waals surface area contributed by atoms with Crippen LogP contribution in [0.4, 0.5) is 0 Å². The lowest BCUT2D eigenvalue weighted by atomic mass is 10.2. The molecule has 4 heteroatoms. The standard InChI is InChI=1S/C11H13N3O/c1-8-4-6-10(7-5-8)14-9(2)12-13(3)11(14)15/h4-7H,1-3H3. The van der Waals surface area contributed by atoms with Crippen LogP contribution in [0.25, 0.3) is 5.69 Å². The minimum absolute atomic E-state index is 0.114. The highest BCUT2D eigenvalue weighted by Crippen LogP contribution is 2.08. The van der Waals surface area contributed by atoms with Crippen molar-refractivity contribution in [2.24, 2.45) is 7.05 Å². The molecule has 0 N–H and O–H groups in total. The van der Waals surface area contributed by atoms with Crippen molar-refractivity contribution in [1.29, 1.82) is 0 Å². The van der Waals surface area contributed by atoms with Gasteiger partial charge in [-0.05, 0) is 26.0 Å². The van der Waals surface area contributed by atoms with Crippen LogP contribution >= 0.6 is 0 Å². The van der Waals surface area contributed by atoms with Gasteiger partial charge in [0.15, 0.2) is 0 Å². The van der Waals surface area contributed by atoms with E-state index in [1.165, 1.54) is 10.2 Å². The lowest BCUT2D eigenvalue weighted by molar-refractivity contribution is 0.723. The van der Waals surface area contributed by atoms with E-state index in [9.17, 15) is 4.79 Å². The topological polar surface area (TPSA) is 39.8 Å². The lowest BCUT2D eigenvalue weighted by Crippen LogP contribution is -2.21. The van der Waals surface area contributed by atoms with Crippen LogP contribution in [0.1, 0.15) is 11.4 Å². The Kier molecular flexibility index (Phi) is 2.19. The number of aromatic nitrogens is 3. The minimum atomic E-state index is -0.114. The van der Waals surface area contributed by atoms with Crippen molar-refractivity contribution in [2.75, 3.05) is 0 Å². The first-order chi connectivity index (χ1) is 7.09. The average Bonchev–Trinajstić information content (AvgIpc) is 2.44. The van der Waals surface area contributed by atoms with Crippen LogP contribution in [0, 0.1) is 13.8 Å². The van der Waals surface area contributed by atoms with Gasteiger partial charge in [0.05, 0.1) is 5.69 Å². The molecule has 0 spiro atoms.